The molecule has 0 atom stereocenters. The van der Waals surface area contributed by atoms with Gasteiger partial charge in [0.05, 0.1) is 17.1 Å². The molecule has 9 heteroatoms. The molecule has 1 aliphatic rings. The van der Waals surface area contributed by atoms with Gasteiger partial charge >= 0.3 is 5.97 Å². The van der Waals surface area contributed by atoms with Gasteiger partial charge in [-0.3, -0.25) is 4.72 Å². The molecule has 160 valence electrons. The van der Waals surface area contributed by atoms with Crippen molar-refractivity contribution in [2.24, 2.45) is 0 Å². The zero-order chi connectivity index (χ0) is 21.8. The number of carbonyl (C=O) groups excluding carboxylic acids is 1. The number of esters is 1. The molecule has 0 saturated heterocycles. The van der Waals surface area contributed by atoms with Crippen LogP contribution in [0.25, 0.3) is 0 Å². The highest BCUT2D eigenvalue weighted by molar-refractivity contribution is 7.92. The summed E-state index contributed by atoms with van der Waals surface area (Å²) >= 11 is 6.12. The quantitative estimate of drug-likeness (QED) is 0.550. The lowest BCUT2D eigenvalue weighted by molar-refractivity contribution is -0.0180. The van der Waals surface area contributed by atoms with Gasteiger partial charge in [0.1, 0.15) is 12.4 Å². The van der Waals surface area contributed by atoms with Gasteiger partial charge in [-0.15, -0.1) is 0 Å². The van der Waals surface area contributed by atoms with Crippen LogP contribution in [0, 0.1) is 0 Å². The second-order valence-corrected chi connectivity index (χ2v) is 8.85. The minimum absolute atomic E-state index is 0.0326. The number of ether oxygens (including phenoxy) is 3. The summed E-state index contributed by atoms with van der Waals surface area (Å²) in [6, 6.07) is 17.5. The van der Waals surface area contributed by atoms with Crippen LogP contribution in [0.4, 0.5) is 5.69 Å². The molecule has 0 fully saturated rings. The van der Waals surface area contributed by atoms with E-state index >= 15 is 0 Å². The third kappa shape index (κ3) is 4.99. The normalized spacial score (nSPS) is 13.1. The minimum Gasteiger partial charge on any atom is -0.467 e. The van der Waals surface area contributed by atoms with Crippen molar-refractivity contribution in [3.63, 3.8) is 0 Å². The molecule has 0 amide bonds. The van der Waals surface area contributed by atoms with Crippen LogP contribution in [-0.2, 0) is 32.7 Å². The van der Waals surface area contributed by atoms with E-state index in [1.165, 1.54) is 24.3 Å². The first-order valence-electron chi connectivity index (χ1n) is 9.29. The zero-order valence-electron chi connectivity index (χ0n) is 16.2. The molecule has 0 unspecified atom stereocenters. The number of hydrogen-bond donors (Lipinski definition) is 1. The lowest BCUT2D eigenvalue weighted by atomic mass is 10.1. The van der Waals surface area contributed by atoms with Crippen LogP contribution in [0.3, 0.4) is 0 Å². The first-order chi connectivity index (χ1) is 14.9. The molecule has 7 nitrogen and oxygen atoms in total. The van der Waals surface area contributed by atoms with Gasteiger partial charge in [0, 0.05) is 21.8 Å². The largest absolute Gasteiger partial charge is 0.467 e. The Kier molecular flexibility index (Phi) is 6.13. The summed E-state index contributed by atoms with van der Waals surface area (Å²) in [7, 11) is -3.77. The molecule has 0 bridgehead atoms. The topological polar surface area (TPSA) is 90.9 Å². The van der Waals surface area contributed by atoms with Crippen LogP contribution in [-0.4, -0.2) is 21.2 Å². The lowest BCUT2D eigenvalue weighted by Gasteiger charge is -2.21. The highest BCUT2D eigenvalue weighted by atomic mass is 35.5. The van der Waals surface area contributed by atoms with Gasteiger partial charge in [-0.2, -0.15) is 0 Å². The average molecular weight is 460 g/mol. The van der Waals surface area contributed by atoms with Crippen LogP contribution in [0.1, 0.15) is 21.5 Å². The summed E-state index contributed by atoms with van der Waals surface area (Å²) in [5.41, 5.74) is 2.08. The molecular formula is C22H18ClNO6S. The van der Waals surface area contributed by atoms with Crippen LogP contribution < -0.4 is 9.46 Å². The Morgan fingerprint density at radius 2 is 1.81 bits per heavy atom. The molecule has 4 rings (SSSR count). The number of nitrogens with one attached hydrogen (secondary N) is 1. The molecule has 1 heterocycles. The van der Waals surface area contributed by atoms with E-state index in [1.54, 1.807) is 42.5 Å². The summed E-state index contributed by atoms with van der Waals surface area (Å²) in [5, 5.41) is 0.486. The fourth-order valence-corrected chi connectivity index (χ4v) is 4.40. The number of sulfonamides is 1. The first-order valence-corrected chi connectivity index (χ1v) is 11.2. The number of fused-ring (bicyclic) bond motifs is 1. The molecule has 3 aromatic carbocycles. The van der Waals surface area contributed by atoms with Crippen molar-refractivity contribution in [3.8, 4) is 5.75 Å². The average Bonchev–Trinajstić information content (AvgIpc) is 2.77. The molecular weight excluding hydrogens is 442 g/mol. The molecule has 31 heavy (non-hydrogen) atoms. The monoisotopic (exact) mass is 459 g/mol. The lowest BCUT2D eigenvalue weighted by Crippen LogP contribution is -2.15. The van der Waals surface area contributed by atoms with Crippen molar-refractivity contribution in [3.05, 3.63) is 88.4 Å². The Hall–Kier alpha value is -3.07. The van der Waals surface area contributed by atoms with Gasteiger partial charge in [0.25, 0.3) is 10.0 Å². The zero-order valence-corrected chi connectivity index (χ0v) is 17.8. The molecule has 0 aromatic heterocycles. The van der Waals surface area contributed by atoms with Crippen LogP contribution in [0.15, 0.2) is 71.6 Å². The van der Waals surface area contributed by atoms with Gasteiger partial charge in [0.15, 0.2) is 6.79 Å². The Morgan fingerprint density at radius 1 is 1.06 bits per heavy atom. The van der Waals surface area contributed by atoms with E-state index in [2.05, 4.69) is 4.72 Å². The van der Waals surface area contributed by atoms with Crippen molar-refractivity contribution >= 4 is 33.3 Å². The van der Waals surface area contributed by atoms with E-state index in [-0.39, 0.29) is 23.9 Å². The minimum atomic E-state index is -3.77. The predicted octanol–water partition coefficient (Wildman–Crippen LogP) is 4.36. The number of rotatable bonds is 6. The summed E-state index contributed by atoms with van der Waals surface area (Å²) < 4.78 is 43.6. The number of benzene rings is 3. The SMILES string of the molecule is O=C(OCc1cc(Cl)cc2c1OCOC2)c1ccc(S(=O)(=O)Nc2ccccc2)cc1. The van der Waals surface area contributed by atoms with E-state index in [0.29, 0.717) is 28.6 Å². The number of halogens is 1. The second kappa shape index (κ2) is 8.97. The number of anilines is 1. The maximum atomic E-state index is 12.5. The van der Waals surface area contributed by atoms with Gasteiger partial charge in [-0.1, -0.05) is 29.8 Å². The summed E-state index contributed by atoms with van der Waals surface area (Å²) in [6.07, 6.45) is 0. The van der Waals surface area contributed by atoms with Gasteiger partial charge in [-0.05, 0) is 48.5 Å². The Labute approximate surface area is 184 Å². The van der Waals surface area contributed by atoms with Crippen molar-refractivity contribution in [1.82, 2.24) is 0 Å². The Balaban J connectivity index is 1.44. The number of hydrogen-bond acceptors (Lipinski definition) is 6. The molecule has 1 N–H and O–H groups in total. The molecule has 3 aromatic rings. The highest BCUT2D eigenvalue weighted by Gasteiger charge is 2.19. The Morgan fingerprint density at radius 3 is 2.55 bits per heavy atom. The first kappa shape index (κ1) is 21.2. The van der Waals surface area contributed by atoms with Crippen molar-refractivity contribution in [2.45, 2.75) is 18.1 Å². The van der Waals surface area contributed by atoms with Crippen LogP contribution in [0.5, 0.6) is 5.75 Å². The predicted molar refractivity (Wildman–Crippen MR) is 115 cm³/mol. The summed E-state index contributed by atoms with van der Waals surface area (Å²) in [5.74, 6) is -0.00220. The van der Waals surface area contributed by atoms with E-state index in [4.69, 9.17) is 25.8 Å². The van der Waals surface area contributed by atoms with Crippen LogP contribution >= 0.6 is 11.6 Å². The molecule has 0 saturated carbocycles. The molecule has 1 aliphatic heterocycles. The van der Waals surface area contributed by atoms with Gasteiger partial charge < -0.3 is 14.2 Å². The third-order valence-electron chi connectivity index (χ3n) is 4.54. The van der Waals surface area contributed by atoms with Crippen molar-refractivity contribution < 1.29 is 27.4 Å². The molecule has 0 spiro atoms. The fraction of sp³-hybridized carbons (Fsp3) is 0.136. The molecule has 0 aliphatic carbocycles. The van der Waals surface area contributed by atoms with Crippen molar-refractivity contribution in [2.75, 3.05) is 11.5 Å². The molecule has 0 radical (unpaired) electrons. The summed E-state index contributed by atoms with van der Waals surface area (Å²) in [6.45, 7) is 0.434. The maximum Gasteiger partial charge on any atom is 0.338 e. The van der Waals surface area contributed by atoms with Crippen LogP contribution in [0.2, 0.25) is 5.02 Å². The van der Waals surface area contributed by atoms with Gasteiger partial charge in [-0.25, -0.2) is 13.2 Å². The van der Waals surface area contributed by atoms with E-state index in [9.17, 15) is 13.2 Å². The summed E-state index contributed by atoms with van der Waals surface area (Å²) in [4.78, 5) is 12.5. The second-order valence-electron chi connectivity index (χ2n) is 6.74. The van der Waals surface area contributed by atoms with E-state index in [1.807, 2.05) is 0 Å². The number of para-hydroxylation sites is 1. The standard InChI is InChI=1S/C22H18ClNO6S/c23-18-10-16-12-28-14-30-21(16)17(11-18)13-29-22(25)15-6-8-20(9-7-15)31(26,27)24-19-4-2-1-3-5-19/h1-11,24H,12-14H2. The van der Waals surface area contributed by atoms with E-state index < -0.39 is 16.0 Å². The number of carbonyl (C=O) groups is 1. The maximum absolute atomic E-state index is 12.5. The van der Waals surface area contributed by atoms with Gasteiger partial charge in [0.2, 0.25) is 0 Å². The Bertz CT molecular complexity index is 1200. The fourth-order valence-electron chi connectivity index (χ4n) is 3.08. The van der Waals surface area contributed by atoms with E-state index in [0.717, 1.165) is 5.56 Å². The highest BCUT2D eigenvalue weighted by Crippen LogP contribution is 2.32. The third-order valence-corrected chi connectivity index (χ3v) is 6.15. The smallest absolute Gasteiger partial charge is 0.338 e. The van der Waals surface area contributed by atoms with Crippen molar-refractivity contribution in [1.29, 1.82) is 0 Å².